The lowest BCUT2D eigenvalue weighted by Crippen LogP contribution is -1.99. The zero-order valence-electron chi connectivity index (χ0n) is 12.6. The molecule has 0 N–H and O–H groups in total. The van der Waals surface area contributed by atoms with E-state index in [4.69, 9.17) is 4.42 Å². The lowest BCUT2D eigenvalue weighted by molar-refractivity contribution is 0.488. The Hall–Kier alpha value is -2.67. The van der Waals surface area contributed by atoms with Crippen molar-refractivity contribution in [1.29, 1.82) is 0 Å². The first-order valence-corrected chi connectivity index (χ1v) is 7.92. The molecule has 0 radical (unpaired) electrons. The van der Waals surface area contributed by atoms with Crippen LogP contribution in [0.5, 0.6) is 0 Å². The van der Waals surface area contributed by atoms with Gasteiger partial charge in [-0.15, -0.1) is 5.10 Å². The van der Waals surface area contributed by atoms with E-state index in [1.165, 1.54) is 22.9 Å². The Morgan fingerprint density at radius 2 is 1.91 bits per heavy atom. The van der Waals surface area contributed by atoms with E-state index in [2.05, 4.69) is 46.5 Å². The van der Waals surface area contributed by atoms with Crippen LogP contribution in [0.4, 0.5) is 0 Å². The molecule has 0 aliphatic carbocycles. The molecule has 6 nitrogen and oxygen atoms in total. The lowest BCUT2D eigenvalue weighted by Gasteiger charge is -2.05. The van der Waals surface area contributed by atoms with Crippen molar-refractivity contribution < 1.29 is 4.42 Å². The monoisotopic (exact) mass is 323 g/mol. The molecule has 0 aliphatic rings. The molecule has 2 heterocycles. The Kier molecular flexibility index (Phi) is 3.34. The van der Waals surface area contributed by atoms with Crippen LogP contribution in [-0.2, 0) is 0 Å². The fourth-order valence-electron chi connectivity index (χ4n) is 2.23. The molecule has 7 heteroatoms. The Balaban J connectivity index is 1.70. The summed E-state index contributed by atoms with van der Waals surface area (Å²) in [6.07, 6.45) is 0. The number of oxazole rings is 1. The van der Waals surface area contributed by atoms with Gasteiger partial charge in [0.05, 0.1) is 5.69 Å². The summed E-state index contributed by atoms with van der Waals surface area (Å²) in [5, 5.41) is 13.1. The van der Waals surface area contributed by atoms with E-state index in [0.29, 0.717) is 10.4 Å². The summed E-state index contributed by atoms with van der Waals surface area (Å²) in [4.78, 5) is 4.44. The largest absolute Gasteiger partial charge is 0.431 e. The molecule has 0 unspecified atom stereocenters. The zero-order valence-corrected chi connectivity index (χ0v) is 13.4. The SMILES string of the molecule is Cc1ccc(-n2nnnc2Sc2nc3ccccc3o2)cc1C. The molecule has 0 fully saturated rings. The molecule has 0 atom stereocenters. The van der Waals surface area contributed by atoms with Crippen LogP contribution in [0.25, 0.3) is 16.8 Å². The molecule has 0 saturated carbocycles. The molecule has 4 aromatic rings. The van der Waals surface area contributed by atoms with Crippen LogP contribution in [0.2, 0.25) is 0 Å². The van der Waals surface area contributed by atoms with E-state index in [1.807, 2.05) is 30.3 Å². The zero-order chi connectivity index (χ0) is 15.8. The topological polar surface area (TPSA) is 69.6 Å². The molecule has 0 spiro atoms. The van der Waals surface area contributed by atoms with E-state index in [1.54, 1.807) is 4.68 Å². The molecule has 0 bridgehead atoms. The van der Waals surface area contributed by atoms with E-state index < -0.39 is 0 Å². The molecule has 2 aromatic carbocycles. The van der Waals surface area contributed by atoms with Crippen LogP contribution >= 0.6 is 11.8 Å². The number of aromatic nitrogens is 5. The quantitative estimate of drug-likeness (QED) is 0.574. The third-order valence-electron chi connectivity index (χ3n) is 3.63. The predicted molar refractivity (Wildman–Crippen MR) is 86.8 cm³/mol. The Bertz CT molecular complexity index is 958. The van der Waals surface area contributed by atoms with E-state index >= 15 is 0 Å². The lowest BCUT2D eigenvalue weighted by atomic mass is 10.1. The van der Waals surface area contributed by atoms with E-state index in [-0.39, 0.29) is 0 Å². The van der Waals surface area contributed by atoms with Crippen molar-refractivity contribution in [2.45, 2.75) is 24.2 Å². The molecule has 0 aliphatic heterocycles. The molecule has 0 amide bonds. The Labute approximate surface area is 136 Å². The van der Waals surface area contributed by atoms with Gasteiger partial charge in [-0.25, -0.2) is 4.98 Å². The highest BCUT2D eigenvalue weighted by molar-refractivity contribution is 7.99. The van der Waals surface area contributed by atoms with Crippen molar-refractivity contribution >= 4 is 22.9 Å². The first kappa shape index (κ1) is 14.0. The highest BCUT2D eigenvalue weighted by Gasteiger charge is 2.14. The van der Waals surface area contributed by atoms with Crippen LogP contribution < -0.4 is 0 Å². The maximum Gasteiger partial charge on any atom is 0.264 e. The third-order valence-corrected chi connectivity index (χ3v) is 4.42. The summed E-state index contributed by atoms with van der Waals surface area (Å²) in [6, 6.07) is 13.8. The molecule has 2 aromatic heterocycles. The number of nitrogens with zero attached hydrogens (tertiary/aromatic N) is 5. The van der Waals surface area contributed by atoms with Crippen LogP contribution in [-0.4, -0.2) is 25.2 Å². The molecular formula is C16H13N5OS. The smallest absolute Gasteiger partial charge is 0.264 e. The van der Waals surface area contributed by atoms with Gasteiger partial charge in [0.25, 0.3) is 5.22 Å². The Morgan fingerprint density at radius 1 is 1.04 bits per heavy atom. The van der Waals surface area contributed by atoms with Crippen molar-refractivity contribution in [2.24, 2.45) is 0 Å². The average molecular weight is 323 g/mol. The van der Waals surface area contributed by atoms with Crippen LogP contribution in [0.15, 0.2) is 57.3 Å². The molecular weight excluding hydrogens is 310 g/mol. The second-order valence-electron chi connectivity index (χ2n) is 5.19. The average Bonchev–Trinajstić information content (AvgIpc) is 3.16. The number of para-hydroxylation sites is 2. The standard InChI is InChI=1S/C16H13N5OS/c1-10-7-8-12(9-11(10)2)21-15(18-19-20-21)23-16-17-13-5-3-4-6-14(13)22-16/h3-9H,1-2H3. The van der Waals surface area contributed by atoms with Gasteiger partial charge in [-0.3, -0.25) is 0 Å². The van der Waals surface area contributed by atoms with Gasteiger partial charge < -0.3 is 4.42 Å². The predicted octanol–water partition coefficient (Wildman–Crippen LogP) is 3.57. The van der Waals surface area contributed by atoms with Crippen molar-refractivity contribution in [3.63, 3.8) is 0 Å². The van der Waals surface area contributed by atoms with E-state index in [0.717, 1.165) is 16.8 Å². The van der Waals surface area contributed by atoms with Gasteiger partial charge in [-0.2, -0.15) is 4.68 Å². The number of hydrogen-bond donors (Lipinski definition) is 0. The number of hydrogen-bond acceptors (Lipinski definition) is 6. The van der Waals surface area contributed by atoms with Crippen molar-refractivity contribution in [2.75, 3.05) is 0 Å². The summed E-state index contributed by atoms with van der Waals surface area (Å²) >= 11 is 1.30. The van der Waals surface area contributed by atoms with Gasteiger partial charge in [0.1, 0.15) is 5.52 Å². The van der Waals surface area contributed by atoms with Crippen LogP contribution in [0, 0.1) is 13.8 Å². The number of rotatable bonds is 3. The minimum absolute atomic E-state index is 0.520. The van der Waals surface area contributed by atoms with Gasteiger partial charge in [-0.05, 0) is 59.7 Å². The highest BCUT2D eigenvalue weighted by atomic mass is 32.2. The van der Waals surface area contributed by atoms with E-state index in [9.17, 15) is 0 Å². The number of fused-ring (bicyclic) bond motifs is 1. The summed E-state index contributed by atoms with van der Waals surface area (Å²) in [6.45, 7) is 4.14. The molecule has 114 valence electrons. The molecule has 4 rings (SSSR count). The summed E-state index contributed by atoms with van der Waals surface area (Å²) in [5.74, 6) is 0. The van der Waals surface area contributed by atoms with Gasteiger partial charge in [0, 0.05) is 11.8 Å². The molecule has 0 saturated heterocycles. The van der Waals surface area contributed by atoms with Gasteiger partial charge in [0.15, 0.2) is 5.58 Å². The minimum Gasteiger partial charge on any atom is -0.431 e. The fraction of sp³-hybridized carbons (Fsp3) is 0.125. The summed E-state index contributed by atoms with van der Waals surface area (Å²) < 4.78 is 7.40. The second kappa shape index (κ2) is 5.51. The maximum absolute atomic E-state index is 5.72. The number of tetrazole rings is 1. The number of benzene rings is 2. The summed E-state index contributed by atoms with van der Waals surface area (Å²) in [5.41, 5.74) is 4.91. The van der Waals surface area contributed by atoms with Crippen molar-refractivity contribution in [1.82, 2.24) is 25.2 Å². The van der Waals surface area contributed by atoms with Crippen LogP contribution in [0.3, 0.4) is 0 Å². The van der Waals surface area contributed by atoms with Gasteiger partial charge >= 0.3 is 0 Å². The summed E-state index contributed by atoms with van der Waals surface area (Å²) in [7, 11) is 0. The van der Waals surface area contributed by atoms with Crippen molar-refractivity contribution in [3.05, 3.63) is 53.6 Å². The first-order chi connectivity index (χ1) is 11.2. The minimum atomic E-state index is 0.520. The normalized spacial score (nSPS) is 11.2. The van der Waals surface area contributed by atoms with Gasteiger partial charge in [0.2, 0.25) is 5.16 Å². The first-order valence-electron chi connectivity index (χ1n) is 7.10. The third kappa shape index (κ3) is 2.59. The fourth-order valence-corrected chi connectivity index (χ4v) is 2.97. The maximum atomic E-state index is 5.72. The Morgan fingerprint density at radius 3 is 2.74 bits per heavy atom. The van der Waals surface area contributed by atoms with Gasteiger partial charge in [-0.1, -0.05) is 18.2 Å². The molecule has 23 heavy (non-hydrogen) atoms. The highest BCUT2D eigenvalue weighted by Crippen LogP contribution is 2.29. The second-order valence-corrected chi connectivity index (χ2v) is 6.11. The van der Waals surface area contributed by atoms with Crippen LogP contribution in [0.1, 0.15) is 11.1 Å². The van der Waals surface area contributed by atoms with Crippen molar-refractivity contribution in [3.8, 4) is 5.69 Å². The number of aryl methyl sites for hydroxylation is 2.